The molecule has 0 bridgehead atoms. The van der Waals surface area contributed by atoms with Crippen LogP contribution >= 0.6 is 0 Å². The molecule has 0 aliphatic heterocycles. The minimum atomic E-state index is -1.16. The summed E-state index contributed by atoms with van der Waals surface area (Å²) in [6, 6.07) is -0.881. The molecule has 6 heteroatoms. The van der Waals surface area contributed by atoms with E-state index in [0.717, 1.165) is 0 Å². The number of hydrogen-bond donors (Lipinski definition) is 3. The molecule has 0 radical (unpaired) electrons. The van der Waals surface area contributed by atoms with Crippen molar-refractivity contribution in [1.82, 2.24) is 5.32 Å². The molecule has 0 aromatic carbocycles. The molecule has 1 fully saturated rings. The highest BCUT2D eigenvalue weighted by molar-refractivity contribution is 5.89. The quantitative estimate of drug-likeness (QED) is 0.643. The summed E-state index contributed by atoms with van der Waals surface area (Å²) in [6.45, 7) is 3.78. The third-order valence-electron chi connectivity index (χ3n) is 3.59. The van der Waals surface area contributed by atoms with E-state index in [1.807, 2.05) is 13.8 Å². The Hall–Kier alpha value is -1.43. The van der Waals surface area contributed by atoms with Gasteiger partial charge in [0.25, 0.3) is 0 Å². The lowest BCUT2D eigenvalue weighted by Crippen LogP contribution is -2.52. The van der Waals surface area contributed by atoms with E-state index in [1.54, 1.807) is 0 Å². The normalized spacial score (nSPS) is 22.4. The number of ketones is 1. The first-order valence-electron chi connectivity index (χ1n) is 7.10. The number of aliphatic hydroxyl groups excluding tert-OH is 1. The van der Waals surface area contributed by atoms with Crippen molar-refractivity contribution >= 4 is 17.6 Å². The predicted molar refractivity (Wildman–Crippen MR) is 73.6 cm³/mol. The fourth-order valence-electron chi connectivity index (χ4n) is 2.57. The van der Waals surface area contributed by atoms with Gasteiger partial charge < -0.3 is 16.2 Å². The molecule has 1 aliphatic rings. The van der Waals surface area contributed by atoms with Gasteiger partial charge in [-0.1, -0.05) is 13.8 Å². The first-order valence-corrected chi connectivity index (χ1v) is 7.10. The maximum Gasteiger partial charge on any atom is 0.249 e. The molecule has 2 amide bonds. The molecule has 0 unspecified atom stereocenters. The first kappa shape index (κ1) is 16.6. The molecule has 3 atom stereocenters. The number of primary amides is 1. The summed E-state index contributed by atoms with van der Waals surface area (Å²) >= 11 is 0. The first-order chi connectivity index (χ1) is 9.31. The number of carbonyl (C=O) groups excluding carboxylic acids is 3. The summed E-state index contributed by atoms with van der Waals surface area (Å²) in [5.41, 5.74) is 5.32. The Kier molecular flexibility index (Phi) is 6.13. The zero-order valence-corrected chi connectivity index (χ0v) is 12.1. The Morgan fingerprint density at radius 3 is 2.60 bits per heavy atom. The summed E-state index contributed by atoms with van der Waals surface area (Å²) in [5, 5.41) is 12.2. The van der Waals surface area contributed by atoms with Crippen LogP contribution < -0.4 is 11.1 Å². The molecule has 20 heavy (non-hydrogen) atoms. The molecule has 4 N–H and O–H groups in total. The Labute approximate surface area is 119 Å². The molecule has 0 saturated heterocycles. The van der Waals surface area contributed by atoms with Crippen LogP contribution in [0.25, 0.3) is 0 Å². The minimum absolute atomic E-state index is 0.0875. The number of nitrogens with one attached hydrogen (secondary N) is 1. The highest BCUT2D eigenvalue weighted by Gasteiger charge is 2.33. The van der Waals surface area contributed by atoms with E-state index in [9.17, 15) is 19.5 Å². The topological polar surface area (TPSA) is 109 Å². The second-order valence-electron chi connectivity index (χ2n) is 5.93. The lowest BCUT2D eigenvalue weighted by atomic mass is 9.82. The van der Waals surface area contributed by atoms with E-state index < -0.39 is 24.0 Å². The third-order valence-corrected chi connectivity index (χ3v) is 3.59. The van der Waals surface area contributed by atoms with Crippen molar-refractivity contribution in [3.05, 3.63) is 0 Å². The van der Waals surface area contributed by atoms with E-state index in [2.05, 4.69) is 5.32 Å². The van der Waals surface area contributed by atoms with Crippen LogP contribution in [0.5, 0.6) is 0 Å². The number of hydrogen-bond acceptors (Lipinski definition) is 4. The van der Waals surface area contributed by atoms with E-state index in [-0.39, 0.29) is 24.0 Å². The summed E-state index contributed by atoms with van der Waals surface area (Å²) in [6.07, 6.45) is 1.33. The molecule has 1 aliphatic carbocycles. The van der Waals surface area contributed by atoms with Crippen molar-refractivity contribution in [2.24, 2.45) is 17.6 Å². The van der Waals surface area contributed by atoms with Crippen molar-refractivity contribution in [3.63, 3.8) is 0 Å². The second kappa shape index (κ2) is 7.38. The minimum Gasteiger partial charge on any atom is -0.383 e. The molecule has 114 valence electrons. The average molecular weight is 284 g/mol. The van der Waals surface area contributed by atoms with Gasteiger partial charge in [0, 0.05) is 12.8 Å². The standard InChI is InChI=1S/C14H24N2O4/c1-8(2)6-11(18)14(20)16-12(13(15)19)9-4-3-5-10(17)7-9/h8-9,11-12,18H,3-7H2,1-2H3,(H2,15,19)(H,16,20)/t9-,11+,12-/m0/s1. The lowest BCUT2D eigenvalue weighted by Gasteiger charge is -2.28. The van der Waals surface area contributed by atoms with Gasteiger partial charge in [-0.05, 0) is 31.1 Å². The van der Waals surface area contributed by atoms with Crippen LogP contribution in [-0.4, -0.2) is 34.8 Å². The fraction of sp³-hybridized carbons (Fsp3) is 0.786. The highest BCUT2D eigenvalue weighted by atomic mass is 16.3. The predicted octanol–water partition coefficient (Wildman–Crippen LogP) is 0.123. The molecule has 0 aromatic heterocycles. The van der Waals surface area contributed by atoms with Crippen molar-refractivity contribution in [3.8, 4) is 0 Å². The fourth-order valence-corrected chi connectivity index (χ4v) is 2.57. The number of nitrogens with two attached hydrogens (primary N) is 1. The molecular weight excluding hydrogens is 260 g/mol. The smallest absolute Gasteiger partial charge is 0.249 e. The van der Waals surface area contributed by atoms with Crippen molar-refractivity contribution in [2.75, 3.05) is 0 Å². The van der Waals surface area contributed by atoms with Crippen LogP contribution in [0.4, 0.5) is 0 Å². The third kappa shape index (κ3) is 4.92. The van der Waals surface area contributed by atoms with Gasteiger partial charge in [0.2, 0.25) is 11.8 Å². The van der Waals surface area contributed by atoms with Crippen LogP contribution in [0.2, 0.25) is 0 Å². The van der Waals surface area contributed by atoms with Crippen LogP contribution in [0.15, 0.2) is 0 Å². The van der Waals surface area contributed by atoms with Crippen LogP contribution in [0.1, 0.15) is 46.0 Å². The van der Waals surface area contributed by atoms with Gasteiger partial charge in [-0.25, -0.2) is 0 Å². The summed E-state index contributed by atoms with van der Waals surface area (Å²) < 4.78 is 0. The molecule has 6 nitrogen and oxygen atoms in total. The zero-order valence-electron chi connectivity index (χ0n) is 12.1. The van der Waals surface area contributed by atoms with Gasteiger partial charge in [-0.2, -0.15) is 0 Å². The van der Waals surface area contributed by atoms with E-state index in [1.165, 1.54) is 0 Å². The van der Waals surface area contributed by atoms with Crippen molar-refractivity contribution in [1.29, 1.82) is 0 Å². The van der Waals surface area contributed by atoms with E-state index in [4.69, 9.17) is 5.73 Å². The Morgan fingerprint density at radius 1 is 1.45 bits per heavy atom. The summed E-state index contributed by atoms with van der Waals surface area (Å²) in [5.74, 6) is -1.26. The Bertz CT molecular complexity index is 381. The number of Topliss-reactive ketones (excluding diaryl/α,β-unsaturated/α-hetero) is 1. The Balaban J connectivity index is 2.65. The zero-order chi connectivity index (χ0) is 15.3. The van der Waals surface area contributed by atoms with E-state index in [0.29, 0.717) is 25.7 Å². The highest BCUT2D eigenvalue weighted by Crippen LogP contribution is 2.24. The van der Waals surface area contributed by atoms with Crippen LogP contribution in [-0.2, 0) is 14.4 Å². The molecule has 0 aromatic rings. The van der Waals surface area contributed by atoms with Gasteiger partial charge in [0.1, 0.15) is 17.9 Å². The largest absolute Gasteiger partial charge is 0.383 e. The number of carbonyl (C=O) groups is 3. The SMILES string of the molecule is CC(C)C[C@@H](O)C(=O)N[C@H](C(N)=O)[C@H]1CCCC(=O)C1. The lowest BCUT2D eigenvalue weighted by molar-refractivity contribution is -0.135. The summed E-state index contributed by atoms with van der Waals surface area (Å²) in [7, 11) is 0. The van der Waals surface area contributed by atoms with Crippen LogP contribution in [0.3, 0.4) is 0 Å². The number of rotatable bonds is 6. The van der Waals surface area contributed by atoms with Crippen molar-refractivity contribution < 1.29 is 19.5 Å². The van der Waals surface area contributed by atoms with Gasteiger partial charge in [0.15, 0.2) is 0 Å². The van der Waals surface area contributed by atoms with Gasteiger partial charge in [0.05, 0.1) is 0 Å². The molecule has 0 heterocycles. The molecular formula is C14H24N2O4. The monoisotopic (exact) mass is 284 g/mol. The molecule has 0 spiro atoms. The number of amides is 2. The number of aliphatic hydroxyl groups is 1. The van der Waals surface area contributed by atoms with E-state index >= 15 is 0 Å². The van der Waals surface area contributed by atoms with Gasteiger partial charge in [-0.3, -0.25) is 14.4 Å². The Morgan fingerprint density at radius 2 is 2.10 bits per heavy atom. The second-order valence-corrected chi connectivity index (χ2v) is 5.93. The molecule has 1 rings (SSSR count). The van der Waals surface area contributed by atoms with Crippen molar-refractivity contribution in [2.45, 2.75) is 58.1 Å². The maximum atomic E-state index is 11.9. The maximum absolute atomic E-state index is 11.9. The summed E-state index contributed by atoms with van der Waals surface area (Å²) in [4.78, 5) is 34.8. The van der Waals surface area contributed by atoms with Gasteiger partial charge in [-0.15, -0.1) is 0 Å². The molecule has 1 saturated carbocycles. The van der Waals surface area contributed by atoms with Gasteiger partial charge >= 0.3 is 0 Å². The van der Waals surface area contributed by atoms with Crippen LogP contribution in [0, 0.1) is 11.8 Å². The average Bonchev–Trinajstić information content (AvgIpc) is 2.34.